The fourth-order valence-electron chi connectivity index (χ4n) is 11.4. The highest BCUT2D eigenvalue weighted by atomic mass is 16.7. The van der Waals surface area contributed by atoms with E-state index in [-0.39, 0.29) is 49.4 Å². The largest absolute Gasteiger partial charge is 0.462 e. The molecule has 0 saturated carbocycles. The van der Waals surface area contributed by atoms with E-state index >= 15 is 0 Å². The van der Waals surface area contributed by atoms with Crippen LogP contribution in [0.2, 0.25) is 0 Å². The van der Waals surface area contributed by atoms with Crippen molar-refractivity contribution in [1.82, 2.24) is 19.9 Å². The van der Waals surface area contributed by atoms with Crippen LogP contribution in [0.1, 0.15) is 22.8 Å². The second-order valence-corrected chi connectivity index (χ2v) is 22.1. The first-order chi connectivity index (χ1) is 42.5. The molecule has 88 heavy (non-hydrogen) atoms. The first-order valence-electron chi connectivity index (χ1n) is 28.4. The van der Waals surface area contributed by atoms with Gasteiger partial charge in [0.2, 0.25) is 25.2 Å². The average Bonchev–Trinajstić information content (AvgIpc) is 2.80. The first kappa shape index (κ1) is 59.0. The third kappa shape index (κ3) is 11.6. The van der Waals surface area contributed by atoms with Crippen molar-refractivity contribution in [1.29, 1.82) is 0 Å². The molecule has 7 aromatic rings. The van der Waals surface area contributed by atoms with E-state index in [1.807, 2.05) is 72.8 Å². The number of rotatable bonds is 12. The van der Waals surface area contributed by atoms with E-state index in [0.29, 0.717) is 89.4 Å². The van der Waals surface area contributed by atoms with E-state index in [1.165, 1.54) is 0 Å². The van der Waals surface area contributed by atoms with Gasteiger partial charge in [-0.3, -0.25) is 0 Å². The summed E-state index contributed by atoms with van der Waals surface area (Å²) in [7, 11) is 0. The predicted molar refractivity (Wildman–Crippen MR) is 314 cm³/mol. The van der Waals surface area contributed by atoms with Gasteiger partial charge in [-0.15, -0.1) is 0 Å². The quantitative estimate of drug-likeness (QED) is 0.0836. The number of aliphatic hydroxyl groups is 12. The topological polar surface area (TPSA) is 374 Å². The van der Waals surface area contributed by atoms with Gasteiger partial charge in [-0.05, 0) is 119 Å². The Morgan fingerprint density at radius 1 is 0.307 bits per heavy atom. The fourth-order valence-corrected chi connectivity index (χ4v) is 11.4. The van der Waals surface area contributed by atoms with Crippen molar-refractivity contribution in [3.05, 3.63) is 144 Å². The minimum absolute atomic E-state index is 0.245. The summed E-state index contributed by atoms with van der Waals surface area (Å²) in [6, 6.07) is 35.3. The smallest absolute Gasteiger partial charge is 0.228 e. The van der Waals surface area contributed by atoms with Gasteiger partial charge in [0.25, 0.3) is 0 Å². The molecule has 24 heteroatoms. The van der Waals surface area contributed by atoms with E-state index in [2.05, 4.69) is 9.97 Å². The number of ether oxygens (including phenoxy) is 8. The molecular formula is C64H62N4O20. The second kappa shape index (κ2) is 24.5. The van der Waals surface area contributed by atoms with Crippen LogP contribution in [0.3, 0.4) is 0 Å². The maximum atomic E-state index is 10.9. The SMILES string of the molecule is O[C@@H]1[C@H](O)COC(Oc2cccc(-c3c4nc(c(-c5cccc(OC6OC[C@@H](O)[C@@H](O)[C@@H]6O)c5)c5ccc([nH]5)c(-c5cccc(OC6OC[C@@H](O)[C@@H](O)[C@@H]6O)c5)c5nc(c(-c6cccc(OC7OC[C@@H](O)[C@@H](O)[C@@H]7O)c6)c6ccc3[nH]6)C=C5)C=C4)c2)[C@H]1O. The van der Waals surface area contributed by atoms with Crippen LogP contribution in [0.4, 0.5) is 0 Å². The number of hydrogen-bond donors (Lipinski definition) is 14. The van der Waals surface area contributed by atoms with Gasteiger partial charge in [-0.25, -0.2) is 9.97 Å². The Labute approximate surface area is 500 Å². The Morgan fingerprint density at radius 2 is 0.534 bits per heavy atom. The lowest BCUT2D eigenvalue weighted by atomic mass is 10.0. The van der Waals surface area contributed by atoms with Crippen LogP contribution in [0.5, 0.6) is 23.0 Å². The second-order valence-electron chi connectivity index (χ2n) is 22.1. The number of nitrogens with zero attached hydrogens (tertiary/aromatic N) is 2. The third-order valence-corrected chi connectivity index (χ3v) is 16.1. The molecule has 0 radical (unpaired) electrons. The van der Waals surface area contributed by atoms with Gasteiger partial charge in [-0.1, -0.05) is 48.5 Å². The van der Waals surface area contributed by atoms with Crippen LogP contribution in [-0.2, 0) is 18.9 Å². The zero-order valence-corrected chi connectivity index (χ0v) is 46.4. The van der Waals surface area contributed by atoms with Crippen LogP contribution in [-0.4, -0.2) is 206 Å². The number of nitrogens with one attached hydrogen (secondary N) is 2. The lowest BCUT2D eigenvalue weighted by Gasteiger charge is -2.35. The van der Waals surface area contributed by atoms with E-state index < -0.39 is 98.4 Å². The number of aliphatic hydroxyl groups excluding tert-OH is 12. The van der Waals surface area contributed by atoms with E-state index in [0.717, 1.165) is 0 Å². The molecule has 4 saturated heterocycles. The monoisotopic (exact) mass is 1210 g/mol. The summed E-state index contributed by atoms with van der Waals surface area (Å²) in [6.07, 6.45) is -15.7. The molecule has 13 rings (SSSR count). The summed E-state index contributed by atoms with van der Waals surface area (Å²) in [5.74, 6) is 0.981. The summed E-state index contributed by atoms with van der Waals surface area (Å²) >= 11 is 0. The van der Waals surface area contributed by atoms with Crippen molar-refractivity contribution < 1.29 is 99.2 Å². The Hall–Kier alpha value is -7.96. The molecule has 6 aliphatic heterocycles. The van der Waals surface area contributed by atoms with Crippen LogP contribution in [0.25, 0.3) is 90.9 Å². The van der Waals surface area contributed by atoms with Gasteiger partial charge in [0.15, 0.2) is 0 Å². The molecule has 9 heterocycles. The molecule has 3 aromatic heterocycles. The molecule has 16 atom stereocenters. The third-order valence-electron chi connectivity index (χ3n) is 16.1. The minimum atomic E-state index is -1.58. The van der Waals surface area contributed by atoms with Gasteiger partial charge >= 0.3 is 0 Å². The number of aromatic nitrogens is 4. The Bertz CT molecular complexity index is 3470. The van der Waals surface area contributed by atoms with E-state index in [1.54, 1.807) is 72.8 Å². The van der Waals surface area contributed by atoms with Crippen molar-refractivity contribution in [2.45, 2.75) is 98.4 Å². The summed E-state index contributed by atoms with van der Waals surface area (Å²) < 4.78 is 47.1. The highest BCUT2D eigenvalue weighted by Crippen LogP contribution is 2.41. The molecule has 0 aliphatic carbocycles. The van der Waals surface area contributed by atoms with Gasteiger partial charge < -0.3 is 109 Å². The van der Waals surface area contributed by atoms with Gasteiger partial charge in [0.1, 0.15) is 96.2 Å². The zero-order valence-electron chi connectivity index (χ0n) is 46.4. The molecule has 24 nitrogen and oxygen atoms in total. The van der Waals surface area contributed by atoms with Crippen molar-refractivity contribution in [3.63, 3.8) is 0 Å². The molecule has 8 bridgehead atoms. The van der Waals surface area contributed by atoms with Crippen molar-refractivity contribution in [3.8, 4) is 67.5 Å². The molecule has 4 unspecified atom stereocenters. The van der Waals surface area contributed by atoms with Crippen LogP contribution >= 0.6 is 0 Å². The molecule has 4 fully saturated rings. The number of hydrogen-bond acceptors (Lipinski definition) is 22. The Morgan fingerprint density at radius 3 is 0.761 bits per heavy atom. The van der Waals surface area contributed by atoms with Gasteiger partial charge in [0.05, 0.1) is 49.2 Å². The van der Waals surface area contributed by atoms with Gasteiger partial charge in [0, 0.05) is 44.3 Å². The van der Waals surface area contributed by atoms with E-state index in [9.17, 15) is 61.3 Å². The lowest BCUT2D eigenvalue weighted by molar-refractivity contribution is -0.242. The van der Waals surface area contributed by atoms with Crippen molar-refractivity contribution in [2.75, 3.05) is 26.4 Å². The zero-order chi connectivity index (χ0) is 61.1. The van der Waals surface area contributed by atoms with Crippen LogP contribution in [0.15, 0.2) is 121 Å². The highest BCUT2D eigenvalue weighted by Gasteiger charge is 2.42. The molecule has 4 aromatic carbocycles. The molecule has 6 aliphatic rings. The predicted octanol–water partition coefficient (Wildman–Crippen LogP) is 2.59. The summed E-state index contributed by atoms with van der Waals surface area (Å²) in [4.78, 5) is 18.0. The number of fused-ring (bicyclic) bond motifs is 8. The summed E-state index contributed by atoms with van der Waals surface area (Å²) in [5.41, 5.74) is 8.62. The lowest BCUT2D eigenvalue weighted by Crippen LogP contribution is -2.54. The molecule has 458 valence electrons. The summed E-state index contributed by atoms with van der Waals surface area (Å²) in [5, 5.41) is 126. The minimum Gasteiger partial charge on any atom is -0.462 e. The van der Waals surface area contributed by atoms with Crippen LogP contribution in [0, 0.1) is 0 Å². The maximum Gasteiger partial charge on any atom is 0.228 e. The van der Waals surface area contributed by atoms with Crippen molar-refractivity contribution in [2.24, 2.45) is 0 Å². The maximum absolute atomic E-state index is 10.9. The van der Waals surface area contributed by atoms with Gasteiger partial charge in [-0.2, -0.15) is 0 Å². The Kier molecular flexibility index (Phi) is 16.5. The fraction of sp³-hybridized carbons (Fsp3) is 0.312. The Balaban J connectivity index is 1.04. The average molecular weight is 1210 g/mol. The van der Waals surface area contributed by atoms with E-state index in [4.69, 9.17) is 47.9 Å². The first-order valence-corrected chi connectivity index (χ1v) is 28.4. The number of aromatic amines is 2. The molecular weight excluding hydrogens is 1140 g/mol. The number of benzene rings is 4. The molecule has 0 amide bonds. The van der Waals surface area contributed by atoms with Crippen molar-refractivity contribution >= 4 is 46.4 Å². The molecule has 14 N–H and O–H groups in total. The summed E-state index contributed by atoms with van der Waals surface area (Å²) in [6.45, 7) is -1.15. The molecule has 0 spiro atoms. The standard InChI is InChI=1S/C64H62N4O20/c69-45-25-81-61(57(77)53(45)73)85-33-9-1-5-29(21-33)49-37-13-15-39(65-37)50(30-6-2-10-34(22-30)86-62-58(78)54(74)46(70)26-82-62)41-17-19-43(67-41)52(32-8-4-12-36(24-32)88-64-60(80)56(76)48(72)28-84-64)44-20-18-42(68-44)51(40-16-14-38(49)66-40)31-7-3-11-35(23-31)87-63-59(79)55(75)47(71)27-83-63/h1-24,45-48,53-65,68-80H,25-28H2/t45-,46-,47-,48-,53-,54-,55-,56-,57+,58+,59+,60+,61?,62?,63?,64?/m1/s1. The number of H-pyrrole nitrogens is 2. The highest BCUT2D eigenvalue weighted by molar-refractivity contribution is 6.00. The normalized spacial score (nSPS) is 29.6. The van der Waals surface area contributed by atoms with Crippen LogP contribution < -0.4 is 18.9 Å².